The molecule has 2 unspecified atom stereocenters. The van der Waals surface area contributed by atoms with Gasteiger partial charge in [0.15, 0.2) is 11.5 Å². The number of hydrogen-bond donors (Lipinski definition) is 1. The molecule has 2 aromatic rings. The molecular weight excluding hydrogens is 422 g/mol. The van der Waals surface area contributed by atoms with Crippen LogP contribution in [-0.4, -0.2) is 54.2 Å². The molecule has 2 aromatic carbocycles. The molecule has 3 aliphatic heterocycles. The molecule has 3 heterocycles. The topological polar surface area (TPSA) is 85.3 Å². The smallest absolute Gasteiger partial charge is 0.295 e. The lowest BCUT2D eigenvalue weighted by Gasteiger charge is -2.27. The van der Waals surface area contributed by atoms with Gasteiger partial charge in [-0.1, -0.05) is 31.2 Å². The third-order valence-electron chi connectivity index (χ3n) is 6.48. The van der Waals surface area contributed by atoms with Crippen LogP contribution in [0.4, 0.5) is 0 Å². The molecule has 0 bridgehead atoms. The van der Waals surface area contributed by atoms with Gasteiger partial charge >= 0.3 is 0 Å². The SMILES string of the molecule is CCc1ccc(C2/C(=C(\O)c3ccc4c(c3)OCCO4)C(=O)C(=O)N2CC2CCCO2)cc1. The van der Waals surface area contributed by atoms with Crippen LogP contribution in [0.2, 0.25) is 0 Å². The van der Waals surface area contributed by atoms with Gasteiger partial charge in [0.1, 0.15) is 19.0 Å². The maximum absolute atomic E-state index is 13.2. The van der Waals surface area contributed by atoms with E-state index in [1.807, 2.05) is 24.3 Å². The van der Waals surface area contributed by atoms with Crippen molar-refractivity contribution >= 4 is 17.4 Å². The molecule has 0 radical (unpaired) electrons. The Morgan fingerprint density at radius 1 is 1.03 bits per heavy atom. The minimum absolute atomic E-state index is 0.0823. The Morgan fingerprint density at radius 3 is 2.48 bits per heavy atom. The van der Waals surface area contributed by atoms with Gasteiger partial charge in [-0.3, -0.25) is 9.59 Å². The number of hydrogen-bond acceptors (Lipinski definition) is 6. The summed E-state index contributed by atoms with van der Waals surface area (Å²) < 4.78 is 16.9. The van der Waals surface area contributed by atoms with Gasteiger partial charge in [0.25, 0.3) is 11.7 Å². The van der Waals surface area contributed by atoms with Gasteiger partial charge in [-0.05, 0) is 48.6 Å². The molecule has 0 spiro atoms. The molecule has 1 amide bonds. The van der Waals surface area contributed by atoms with Crippen LogP contribution in [0, 0.1) is 0 Å². The maximum Gasteiger partial charge on any atom is 0.295 e. The van der Waals surface area contributed by atoms with Crippen molar-refractivity contribution in [1.82, 2.24) is 4.90 Å². The Labute approximate surface area is 192 Å². The number of ketones is 1. The van der Waals surface area contributed by atoms with E-state index in [0.717, 1.165) is 30.4 Å². The van der Waals surface area contributed by atoms with Crippen LogP contribution in [0.3, 0.4) is 0 Å². The van der Waals surface area contributed by atoms with Gasteiger partial charge < -0.3 is 24.2 Å². The highest BCUT2D eigenvalue weighted by Gasteiger charge is 2.47. The first-order chi connectivity index (χ1) is 16.1. The zero-order chi connectivity index (χ0) is 22.9. The standard InChI is InChI=1S/C26H27NO6/c1-2-16-5-7-17(8-6-16)23-22(25(29)26(30)27(23)15-19-4-3-11-31-19)24(28)18-9-10-20-21(14-18)33-13-12-32-20/h5-10,14,19,23,28H,2-4,11-13,15H2,1H3/b24-22+. The number of nitrogens with zero attached hydrogens (tertiary/aromatic N) is 1. The average molecular weight is 450 g/mol. The Hall–Kier alpha value is -3.32. The molecule has 1 N–H and O–H groups in total. The van der Waals surface area contributed by atoms with Crippen molar-refractivity contribution in [3.63, 3.8) is 0 Å². The zero-order valence-electron chi connectivity index (χ0n) is 18.6. The van der Waals surface area contributed by atoms with Crippen LogP contribution in [0.5, 0.6) is 11.5 Å². The highest BCUT2D eigenvalue weighted by molar-refractivity contribution is 6.46. The fourth-order valence-corrected chi connectivity index (χ4v) is 4.70. The molecule has 0 aliphatic carbocycles. The van der Waals surface area contributed by atoms with Crippen LogP contribution in [0.15, 0.2) is 48.0 Å². The van der Waals surface area contributed by atoms with Crippen LogP contribution in [0.25, 0.3) is 5.76 Å². The summed E-state index contributed by atoms with van der Waals surface area (Å²) in [5, 5.41) is 11.3. The maximum atomic E-state index is 13.2. The lowest BCUT2D eigenvalue weighted by molar-refractivity contribution is -0.140. The summed E-state index contributed by atoms with van der Waals surface area (Å²) in [6.07, 6.45) is 2.54. The number of aliphatic hydroxyl groups excluding tert-OH is 1. The van der Waals surface area contributed by atoms with Crippen LogP contribution in [-0.2, 0) is 20.7 Å². The number of aliphatic hydroxyl groups is 1. The first-order valence-electron chi connectivity index (χ1n) is 11.5. The second kappa shape index (κ2) is 8.90. The summed E-state index contributed by atoms with van der Waals surface area (Å²) in [5.41, 5.74) is 2.42. The molecule has 2 saturated heterocycles. The van der Waals surface area contributed by atoms with E-state index in [0.29, 0.717) is 43.4 Å². The molecule has 0 aromatic heterocycles. The van der Waals surface area contributed by atoms with Gasteiger partial charge in [-0.25, -0.2) is 0 Å². The number of amides is 1. The van der Waals surface area contributed by atoms with Crippen LogP contribution >= 0.6 is 0 Å². The Bertz CT molecular complexity index is 1100. The van der Waals surface area contributed by atoms with Gasteiger partial charge in [-0.2, -0.15) is 0 Å². The van der Waals surface area contributed by atoms with Gasteiger partial charge in [-0.15, -0.1) is 0 Å². The second-order valence-electron chi connectivity index (χ2n) is 8.54. The zero-order valence-corrected chi connectivity index (χ0v) is 18.6. The van der Waals surface area contributed by atoms with Crippen LogP contribution in [0.1, 0.15) is 42.5 Å². The van der Waals surface area contributed by atoms with Crippen molar-refractivity contribution < 1.29 is 28.9 Å². The highest BCUT2D eigenvalue weighted by Crippen LogP contribution is 2.41. The Kier molecular flexibility index (Phi) is 5.81. The molecule has 0 saturated carbocycles. The number of Topliss-reactive ketones (excluding diaryl/α,β-unsaturated/α-hetero) is 1. The number of likely N-dealkylation sites (tertiary alicyclic amines) is 1. The number of benzene rings is 2. The Balaban J connectivity index is 1.59. The first kappa shape index (κ1) is 21.5. The van der Waals surface area contributed by atoms with E-state index in [4.69, 9.17) is 14.2 Å². The summed E-state index contributed by atoms with van der Waals surface area (Å²) in [4.78, 5) is 27.8. The average Bonchev–Trinajstić information content (AvgIpc) is 3.46. The number of ether oxygens (including phenoxy) is 3. The molecular formula is C26H27NO6. The van der Waals surface area contributed by atoms with Crippen LogP contribution < -0.4 is 9.47 Å². The molecule has 33 heavy (non-hydrogen) atoms. The summed E-state index contributed by atoms with van der Waals surface area (Å²) in [6.45, 7) is 3.90. The monoisotopic (exact) mass is 449 g/mol. The van der Waals surface area contributed by atoms with E-state index in [-0.39, 0.29) is 17.4 Å². The summed E-state index contributed by atoms with van der Waals surface area (Å²) >= 11 is 0. The van der Waals surface area contributed by atoms with E-state index in [1.165, 1.54) is 0 Å². The molecule has 7 nitrogen and oxygen atoms in total. The van der Waals surface area contributed by atoms with E-state index >= 15 is 0 Å². The summed E-state index contributed by atoms with van der Waals surface area (Å²) in [6, 6.07) is 12.2. The third-order valence-corrected chi connectivity index (χ3v) is 6.48. The number of fused-ring (bicyclic) bond motifs is 1. The molecule has 2 atom stereocenters. The number of rotatable bonds is 5. The molecule has 3 aliphatic rings. The number of aryl methyl sites for hydroxylation is 1. The number of carbonyl (C=O) groups excluding carboxylic acids is 2. The van der Waals surface area contributed by atoms with E-state index in [9.17, 15) is 14.7 Å². The quantitative estimate of drug-likeness (QED) is 0.426. The van der Waals surface area contributed by atoms with E-state index < -0.39 is 17.7 Å². The lowest BCUT2D eigenvalue weighted by Crippen LogP contribution is -2.36. The van der Waals surface area contributed by atoms with Crippen molar-refractivity contribution in [2.45, 2.75) is 38.3 Å². The van der Waals surface area contributed by atoms with Crippen molar-refractivity contribution in [1.29, 1.82) is 0 Å². The lowest BCUT2D eigenvalue weighted by atomic mass is 9.94. The normalized spacial score (nSPS) is 23.8. The number of carbonyl (C=O) groups is 2. The Morgan fingerprint density at radius 2 is 1.79 bits per heavy atom. The molecule has 7 heteroatoms. The minimum atomic E-state index is -0.690. The van der Waals surface area contributed by atoms with E-state index in [2.05, 4.69) is 6.92 Å². The molecule has 2 fully saturated rings. The predicted molar refractivity (Wildman–Crippen MR) is 121 cm³/mol. The fraction of sp³-hybridized carbons (Fsp3) is 0.385. The van der Waals surface area contributed by atoms with E-state index in [1.54, 1.807) is 23.1 Å². The second-order valence-corrected chi connectivity index (χ2v) is 8.54. The predicted octanol–water partition coefficient (Wildman–Crippen LogP) is 3.62. The minimum Gasteiger partial charge on any atom is -0.507 e. The first-order valence-corrected chi connectivity index (χ1v) is 11.5. The van der Waals surface area contributed by atoms with Crippen molar-refractivity contribution in [2.75, 3.05) is 26.4 Å². The summed E-state index contributed by atoms with van der Waals surface area (Å²) in [7, 11) is 0. The van der Waals surface area contributed by atoms with Crippen molar-refractivity contribution in [2.24, 2.45) is 0 Å². The molecule has 5 rings (SSSR count). The third kappa shape index (κ3) is 3.97. The highest BCUT2D eigenvalue weighted by atomic mass is 16.6. The van der Waals surface area contributed by atoms with Gasteiger partial charge in [0.2, 0.25) is 0 Å². The van der Waals surface area contributed by atoms with Crippen molar-refractivity contribution in [3.8, 4) is 11.5 Å². The molecule has 172 valence electrons. The fourth-order valence-electron chi connectivity index (χ4n) is 4.70. The summed E-state index contributed by atoms with van der Waals surface area (Å²) in [5.74, 6) is -0.435. The van der Waals surface area contributed by atoms with Gasteiger partial charge in [0.05, 0.1) is 17.7 Å². The van der Waals surface area contributed by atoms with Crippen molar-refractivity contribution in [3.05, 3.63) is 64.7 Å². The van der Waals surface area contributed by atoms with Gasteiger partial charge in [0, 0.05) is 18.7 Å². The largest absolute Gasteiger partial charge is 0.507 e.